The molecule has 0 radical (unpaired) electrons. The normalized spacial score (nSPS) is 16.8. The number of rotatable bonds is 4. The fourth-order valence-electron chi connectivity index (χ4n) is 0.583. The van der Waals surface area contributed by atoms with Gasteiger partial charge in [0.1, 0.15) is 0 Å². The van der Waals surface area contributed by atoms with E-state index in [-0.39, 0.29) is 10.8 Å². The fraction of sp³-hybridized carbons (Fsp3) is 0.714. The molecule has 0 aromatic heterocycles. The van der Waals surface area contributed by atoms with E-state index in [1.807, 2.05) is 0 Å². The van der Waals surface area contributed by atoms with Crippen LogP contribution in [0.25, 0.3) is 0 Å². The quantitative estimate of drug-likeness (QED) is 0.445. The predicted octanol–water partition coefficient (Wildman–Crippen LogP) is 3.19. The molecule has 0 saturated carbocycles. The third kappa shape index (κ3) is 3.83. The molecule has 0 aromatic carbocycles. The highest BCUT2D eigenvalue weighted by Crippen LogP contribution is 2.15. The lowest BCUT2D eigenvalue weighted by Gasteiger charge is -2.09. The first-order valence-corrected chi connectivity index (χ1v) is 4.00. The van der Waals surface area contributed by atoms with Crippen molar-refractivity contribution in [2.24, 2.45) is 0 Å². The predicted molar refractivity (Wildman–Crippen MR) is 44.4 cm³/mol. The second kappa shape index (κ2) is 5.13. The van der Waals surface area contributed by atoms with Gasteiger partial charge in [0.15, 0.2) is 0 Å². The molecule has 0 spiro atoms. The van der Waals surface area contributed by atoms with Crippen LogP contribution in [0.3, 0.4) is 0 Å². The zero-order valence-electron chi connectivity index (χ0n) is 5.61. The second-order valence-corrected chi connectivity index (χ2v) is 3.05. The standard InChI is InChI=1S/C7H12Cl2/c1-3-5-7(9)6(8)4-2/h4,6-7H,2-3,5H2,1H3. The van der Waals surface area contributed by atoms with Crippen LogP contribution in [-0.4, -0.2) is 10.8 Å². The first kappa shape index (κ1) is 9.32. The lowest BCUT2D eigenvalue weighted by atomic mass is 10.2. The summed E-state index contributed by atoms with van der Waals surface area (Å²) < 4.78 is 0. The van der Waals surface area contributed by atoms with Crippen molar-refractivity contribution in [3.05, 3.63) is 12.7 Å². The minimum atomic E-state index is -0.0772. The smallest absolute Gasteiger partial charge is 0.0677 e. The molecular formula is C7H12Cl2. The number of hydrogen-bond acceptors (Lipinski definition) is 0. The first-order valence-electron chi connectivity index (χ1n) is 3.13. The van der Waals surface area contributed by atoms with Crippen molar-refractivity contribution in [1.29, 1.82) is 0 Å². The van der Waals surface area contributed by atoms with Crippen LogP contribution in [0.15, 0.2) is 12.7 Å². The Bertz CT molecular complexity index is 81.0. The molecule has 0 bridgehead atoms. The van der Waals surface area contributed by atoms with E-state index in [1.54, 1.807) is 6.08 Å². The molecule has 0 heterocycles. The molecule has 2 atom stereocenters. The summed E-state index contributed by atoms with van der Waals surface area (Å²) in [7, 11) is 0. The Labute approximate surface area is 66.8 Å². The van der Waals surface area contributed by atoms with E-state index in [9.17, 15) is 0 Å². The molecule has 0 saturated heterocycles. The Balaban J connectivity index is 3.44. The van der Waals surface area contributed by atoms with Crippen molar-refractivity contribution >= 4 is 23.2 Å². The monoisotopic (exact) mass is 166 g/mol. The summed E-state index contributed by atoms with van der Waals surface area (Å²) in [6.07, 6.45) is 3.71. The molecule has 0 aliphatic carbocycles. The van der Waals surface area contributed by atoms with Crippen molar-refractivity contribution < 1.29 is 0 Å². The molecule has 0 amide bonds. The maximum absolute atomic E-state index is 5.83. The van der Waals surface area contributed by atoms with Gasteiger partial charge in [-0.2, -0.15) is 0 Å². The molecule has 0 aliphatic heterocycles. The molecule has 0 aliphatic rings. The molecular weight excluding hydrogens is 155 g/mol. The Kier molecular flexibility index (Phi) is 5.31. The molecule has 54 valence electrons. The largest absolute Gasteiger partial charge is 0.121 e. The maximum Gasteiger partial charge on any atom is 0.0677 e. The molecule has 0 fully saturated rings. The van der Waals surface area contributed by atoms with Crippen LogP contribution in [0.4, 0.5) is 0 Å². The van der Waals surface area contributed by atoms with E-state index in [0.29, 0.717) is 0 Å². The average molecular weight is 167 g/mol. The van der Waals surface area contributed by atoms with Crippen molar-refractivity contribution in [2.45, 2.75) is 30.5 Å². The van der Waals surface area contributed by atoms with Crippen LogP contribution in [0.2, 0.25) is 0 Å². The summed E-state index contributed by atoms with van der Waals surface area (Å²) in [6, 6.07) is 0. The summed E-state index contributed by atoms with van der Waals surface area (Å²) >= 11 is 11.6. The lowest BCUT2D eigenvalue weighted by Crippen LogP contribution is -2.10. The Hall–Kier alpha value is 0.320. The van der Waals surface area contributed by atoms with Crippen molar-refractivity contribution in [2.75, 3.05) is 0 Å². The average Bonchev–Trinajstić information content (AvgIpc) is 1.87. The number of hydrogen-bond donors (Lipinski definition) is 0. The van der Waals surface area contributed by atoms with Gasteiger partial charge in [0.2, 0.25) is 0 Å². The van der Waals surface area contributed by atoms with Gasteiger partial charge in [-0.1, -0.05) is 19.4 Å². The first-order chi connectivity index (χ1) is 4.22. The highest BCUT2D eigenvalue weighted by molar-refractivity contribution is 6.30. The summed E-state index contributed by atoms with van der Waals surface area (Å²) in [4.78, 5) is 0. The molecule has 0 nitrogen and oxygen atoms in total. The molecule has 9 heavy (non-hydrogen) atoms. The van der Waals surface area contributed by atoms with Gasteiger partial charge in [-0.3, -0.25) is 0 Å². The van der Waals surface area contributed by atoms with Crippen molar-refractivity contribution in [3.63, 3.8) is 0 Å². The Morgan fingerprint density at radius 3 is 2.44 bits per heavy atom. The van der Waals surface area contributed by atoms with Gasteiger partial charge < -0.3 is 0 Å². The van der Waals surface area contributed by atoms with E-state index in [4.69, 9.17) is 23.2 Å². The van der Waals surface area contributed by atoms with E-state index in [0.717, 1.165) is 12.8 Å². The van der Waals surface area contributed by atoms with Crippen LogP contribution in [-0.2, 0) is 0 Å². The SMILES string of the molecule is C=CC(Cl)C(Cl)CCC. The van der Waals surface area contributed by atoms with Gasteiger partial charge in [0.05, 0.1) is 10.8 Å². The molecule has 0 aromatic rings. The van der Waals surface area contributed by atoms with Gasteiger partial charge in [-0.25, -0.2) is 0 Å². The van der Waals surface area contributed by atoms with E-state index >= 15 is 0 Å². The zero-order valence-corrected chi connectivity index (χ0v) is 7.12. The van der Waals surface area contributed by atoms with Gasteiger partial charge in [-0.15, -0.1) is 29.8 Å². The number of halogens is 2. The third-order valence-corrected chi connectivity index (χ3v) is 2.24. The highest BCUT2D eigenvalue weighted by Gasteiger charge is 2.10. The van der Waals surface area contributed by atoms with Gasteiger partial charge in [-0.05, 0) is 6.42 Å². The van der Waals surface area contributed by atoms with E-state index < -0.39 is 0 Å². The Morgan fingerprint density at radius 1 is 1.56 bits per heavy atom. The molecule has 0 rings (SSSR count). The van der Waals surface area contributed by atoms with Gasteiger partial charge >= 0.3 is 0 Å². The number of allylic oxidation sites excluding steroid dienone is 1. The van der Waals surface area contributed by atoms with Crippen LogP contribution in [0, 0.1) is 0 Å². The third-order valence-electron chi connectivity index (χ3n) is 1.14. The Morgan fingerprint density at radius 2 is 2.11 bits per heavy atom. The highest BCUT2D eigenvalue weighted by atomic mass is 35.5. The van der Waals surface area contributed by atoms with Crippen molar-refractivity contribution in [3.8, 4) is 0 Å². The topological polar surface area (TPSA) is 0 Å². The molecule has 0 N–H and O–H groups in total. The summed E-state index contributed by atoms with van der Waals surface area (Å²) in [5.41, 5.74) is 0. The summed E-state index contributed by atoms with van der Waals surface area (Å²) in [6.45, 7) is 5.63. The van der Waals surface area contributed by atoms with Gasteiger partial charge in [0.25, 0.3) is 0 Å². The number of alkyl halides is 2. The molecule has 2 unspecified atom stereocenters. The van der Waals surface area contributed by atoms with Crippen LogP contribution >= 0.6 is 23.2 Å². The lowest BCUT2D eigenvalue weighted by molar-refractivity contribution is 0.743. The minimum absolute atomic E-state index is 0.0502. The maximum atomic E-state index is 5.83. The summed E-state index contributed by atoms with van der Waals surface area (Å²) in [5, 5.41) is -0.0271. The molecule has 2 heteroatoms. The minimum Gasteiger partial charge on any atom is -0.121 e. The fourth-order valence-corrected chi connectivity index (χ4v) is 1.03. The van der Waals surface area contributed by atoms with E-state index in [1.165, 1.54) is 0 Å². The van der Waals surface area contributed by atoms with Gasteiger partial charge in [0, 0.05) is 0 Å². The summed E-state index contributed by atoms with van der Waals surface area (Å²) in [5.74, 6) is 0. The van der Waals surface area contributed by atoms with Crippen LogP contribution in [0.5, 0.6) is 0 Å². The van der Waals surface area contributed by atoms with E-state index in [2.05, 4.69) is 13.5 Å². The zero-order chi connectivity index (χ0) is 7.28. The van der Waals surface area contributed by atoms with Crippen LogP contribution in [0.1, 0.15) is 19.8 Å². The second-order valence-electron chi connectivity index (χ2n) is 1.98. The van der Waals surface area contributed by atoms with Crippen LogP contribution < -0.4 is 0 Å². The van der Waals surface area contributed by atoms with Crippen molar-refractivity contribution in [1.82, 2.24) is 0 Å².